The Balaban J connectivity index is 2.67. The molecule has 2 nitrogen and oxygen atoms in total. The lowest BCUT2D eigenvalue weighted by molar-refractivity contribution is 0.549. The molecule has 0 bridgehead atoms. The van der Waals surface area contributed by atoms with Crippen LogP contribution in [0.4, 0.5) is 0 Å². The van der Waals surface area contributed by atoms with E-state index in [9.17, 15) is 0 Å². The van der Waals surface area contributed by atoms with Crippen molar-refractivity contribution in [3.05, 3.63) is 23.0 Å². The van der Waals surface area contributed by atoms with Crippen molar-refractivity contribution in [2.24, 2.45) is 0 Å². The Morgan fingerprint density at radius 3 is 2.58 bits per heavy atom. The number of hydrogen-bond acceptors (Lipinski definition) is 2. The molecule has 1 aliphatic rings. The highest BCUT2D eigenvalue weighted by molar-refractivity contribution is 5.33. The molecule has 1 heterocycles. The SMILES string of the molecule is CCCCCC1=CC(CCC)=C(NC(C)CC)NC1. The molecule has 0 saturated heterocycles. The molecule has 0 radical (unpaired) electrons. The van der Waals surface area contributed by atoms with E-state index in [0.717, 1.165) is 13.0 Å². The van der Waals surface area contributed by atoms with Crippen LogP contribution in [0.3, 0.4) is 0 Å². The van der Waals surface area contributed by atoms with Gasteiger partial charge in [-0.3, -0.25) is 0 Å². The van der Waals surface area contributed by atoms with Gasteiger partial charge >= 0.3 is 0 Å². The van der Waals surface area contributed by atoms with Crippen molar-refractivity contribution in [3.8, 4) is 0 Å². The molecule has 0 aromatic rings. The first-order valence-corrected chi connectivity index (χ1v) is 8.14. The summed E-state index contributed by atoms with van der Waals surface area (Å²) in [5.41, 5.74) is 3.05. The normalized spacial score (nSPS) is 16.9. The Morgan fingerprint density at radius 1 is 1.16 bits per heavy atom. The van der Waals surface area contributed by atoms with E-state index in [4.69, 9.17) is 0 Å². The smallest absolute Gasteiger partial charge is 0.102 e. The molecule has 2 N–H and O–H groups in total. The van der Waals surface area contributed by atoms with Crippen LogP contribution >= 0.6 is 0 Å². The fraction of sp³-hybridized carbons (Fsp3) is 0.765. The van der Waals surface area contributed by atoms with Gasteiger partial charge in [0, 0.05) is 12.6 Å². The lowest BCUT2D eigenvalue weighted by atomic mass is 9.99. The number of allylic oxidation sites excluding steroid dienone is 2. The average Bonchev–Trinajstić information content (AvgIpc) is 2.42. The Morgan fingerprint density at radius 2 is 1.95 bits per heavy atom. The molecular weight excluding hydrogens is 232 g/mol. The third-order valence-electron chi connectivity index (χ3n) is 3.82. The van der Waals surface area contributed by atoms with Crippen molar-refractivity contribution in [2.75, 3.05) is 6.54 Å². The number of nitrogens with one attached hydrogen (secondary N) is 2. The Hall–Kier alpha value is -0.920. The molecule has 0 saturated carbocycles. The Kier molecular flexibility index (Phi) is 7.69. The summed E-state index contributed by atoms with van der Waals surface area (Å²) in [5, 5.41) is 7.21. The minimum Gasteiger partial charge on any atom is -0.369 e. The lowest BCUT2D eigenvalue weighted by Crippen LogP contribution is -2.36. The van der Waals surface area contributed by atoms with Crippen molar-refractivity contribution < 1.29 is 0 Å². The highest BCUT2D eigenvalue weighted by Gasteiger charge is 2.13. The molecule has 110 valence electrons. The van der Waals surface area contributed by atoms with Crippen molar-refractivity contribution in [1.29, 1.82) is 0 Å². The highest BCUT2D eigenvalue weighted by atomic mass is 15.1. The molecule has 1 rings (SSSR count). The molecule has 1 aliphatic heterocycles. The van der Waals surface area contributed by atoms with Crippen LogP contribution in [-0.2, 0) is 0 Å². The van der Waals surface area contributed by atoms with Gasteiger partial charge < -0.3 is 10.6 Å². The Labute approximate surface area is 119 Å². The van der Waals surface area contributed by atoms with E-state index in [1.165, 1.54) is 49.9 Å². The number of hydrogen-bond donors (Lipinski definition) is 2. The second-order valence-corrected chi connectivity index (χ2v) is 5.72. The van der Waals surface area contributed by atoms with E-state index in [1.54, 1.807) is 5.57 Å². The highest BCUT2D eigenvalue weighted by Crippen LogP contribution is 2.20. The predicted molar refractivity (Wildman–Crippen MR) is 85.1 cm³/mol. The minimum absolute atomic E-state index is 0.546. The summed E-state index contributed by atoms with van der Waals surface area (Å²) in [7, 11) is 0. The van der Waals surface area contributed by atoms with Crippen LogP contribution in [0.2, 0.25) is 0 Å². The van der Waals surface area contributed by atoms with Gasteiger partial charge in [0.05, 0.1) is 0 Å². The van der Waals surface area contributed by atoms with E-state index in [0.29, 0.717) is 6.04 Å². The first-order valence-electron chi connectivity index (χ1n) is 8.14. The third-order valence-corrected chi connectivity index (χ3v) is 3.82. The molecule has 0 fully saturated rings. The summed E-state index contributed by atoms with van der Waals surface area (Å²) in [6, 6.07) is 0.546. The van der Waals surface area contributed by atoms with Crippen molar-refractivity contribution in [2.45, 2.75) is 78.7 Å². The molecule has 0 aromatic carbocycles. The van der Waals surface area contributed by atoms with Crippen LogP contribution in [0.1, 0.15) is 72.6 Å². The van der Waals surface area contributed by atoms with Crippen LogP contribution in [-0.4, -0.2) is 12.6 Å². The van der Waals surface area contributed by atoms with Gasteiger partial charge in [0.15, 0.2) is 0 Å². The zero-order valence-electron chi connectivity index (χ0n) is 13.3. The molecule has 0 spiro atoms. The summed E-state index contributed by atoms with van der Waals surface area (Å²) in [6.07, 6.45) is 11.2. The predicted octanol–water partition coefficient (Wildman–Crippen LogP) is 4.50. The van der Waals surface area contributed by atoms with Crippen molar-refractivity contribution >= 4 is 0 Å². The van der Waals surface area contributed by atoms with Gasteiger partial charge in [-0.05, 0) is 38.2 Å². The molecular formula is C17H32N2. The lowest BCUT2D eigenvalue weighted by Gasteiger charge is -2.26. The summed E-state index contributed by atoms with van der Waals surface area (Å²) in [6.45, 7) is 10.0. The summed E-state index contributed by atoms with van der Waals surface area (Å²) >= 11 is 0. The van der Waals surface area contributed by atoms with E-state index < -0.39 is 0 Å². The van der Waals surface area contributed by atoms with Gasteiger partial charge in [-0.15, -0.1) is 0 Å². The van der Waals surface area contributed by atoms with Gasteiger partial charge in [-0.2, -0.15) is 0 Å². The largest absolute Gasteiger partial charge is 0.369 e. The molecule has 1 unspecified atom stereocenters. The molecule has 19 heavy (non-hydrogen) atoms. The maximum Gasteiger partial charge on any atom is 0.102 e. The molecule has 0 aromatic heterocycles. The van der Waals surface area contributed by atoms with Gasteiger partial charge in [0.1, 0.15) is 5.82 Å². The monoisotopic (exact) mass is 264 g/mol. The van der Waals surface area contributed by atoms with E-state index in [1.807, 2.05) is 0 Å². The van der Waals surface area contributed by atoms with Crippen LogP contribution in [0, 0.1) is 0 Å². The van der Waals surface area contributed by atoms with E-state index in [-0.39, 0.29) is 0 Å². The van der Waals surface area contributed by atoms with Crippen molar-refractivity contribution in [1.82, 2.24) is 10.6 Å². The molecule has 1 atom stereocenters. The fourth-order valence-electron chi connectivity index (χ4n) is 2.41. The van der Waals surface area contributed by atoms with Crippen LogP contribution in [0.25, 0.3) is 0 Å². The van der Waals surface area contributed by atoms with Gasteiger partial charge in [-0.1, -0.05) is 51.7 Å². The maximum atomic E-state index is 3.62. The van der Waals surface area contributed by atoms with Crippen LogP contribution < -0.4 is 10.6 Å². The fourth-order valence-corrected chi connectivity index (χ4v) is 2.41. The first-order chi connectivity index (χ1) is 9.21. The van der Waals surface area contributed by atoms with Crippen LogP contribution in [0.15, 0.2) is 23.0 Å². The molecule has 0 amide bonds. The second-order valence-electron chi connectivity index (χ2n) is 5.72. The first kappa shape index (κ1) is 16.1. The molecule has 0 aliphatic carbocycles. The van der Waals surface area contributed by atoms with Gasteiger partial charge in [0.2, 0.25) is 0 Å². The Bertz CT molecular complexity index is 315. The maximum absolute atomic E-state index is 3.62. The van der Waals surface area contributed by atoms with E-state index >= 15 is 0 Å². The number of dihydropyridines is 1. The summed E-state index contributed by atoms with van der Waals surface area (Å²) in [5.74, 6) is 1.27. The van der Waals surface area contributed by atoms with E-state index in [2.05, 4.69) is 44.4 Å². The third kappa shape index (κ3) is 5.71. The molecule has 2 heteroatoms. The summed E-state index contributed by atoms with van der Waals surface area (Å²) < 4.78 is 0. The average molecular weight is 264 g/mol. The van der Waals surface area contributed by atoms with Crippen LogP contribution in [0.5, 0.6) is 0 Å². The quantitative estimate of drug-likeness (QED) is 0.599. The van der Waals surface area contributed by atoms with Gasteiger partial charge in [-0.25, -0.2) is 0 Å². The zero-order chi connectivity index (χ0) is 14.1. The standard InChI is InChI=1S/C17H32N2/c1-5-8-9-11-15-12-16(10-6-2)17(18-13-15)19-14(4)7-3/h12,14,18-19H,5-11,13H2,1-4H3. The zero-order valence-corrected chi connectivity index (χ0v) is 13.3. The summed E-state index contributed by atoms with van der Waals surface area (Å²) in [4.78, 5) is 0. The topological polar surface area (TPSA) is 24.1 Å². The van der Waals surface area contributed by atoms with Gasteiger partial charge in [0.25, 0.3) is 0 Å². The van der Waals surface area contributed by atoms with Crippen molar-refractivity contribution in [3.63, 3.8) is 0 Å². The number of unbranched alkanes of at least 4 members (excludes halogenated alkanes) is 2. The second kappa shape index (κ2) is 9.06. The number of rotatable bonds is 9. The minimum atomic E-state index is 0.546.